The number of carbonyl (C=O) groups excluding carboxylic acids is 2. The largest absolute Gasteiger partial charge is 0.325 e. The van der Waals surface area contributed by atoms with E-state index < -0.39 is 11.2 Å². The summed E-state index contributed by atoms with van der Waals surface area (Å²) in [5.74, 6) is -0.545. The Balaban J connectivity index is 2.02. The highest BCUT2D eigenvalue weighted by molar-refractivity contribution is 6.14. The summed E-state index contributed by atoms with van der Waals surface area (Å²) in [6.45, 7) is 3.87. The van der Waals surface area contributed by atoms with E-state index in [1.54, 1.807) is 10.9 Å². The topological polar surface area (TPSA) is 76.0 Å². The second-order valence-electron chi connectivity index (χ2n) is 6.22. The number of amides is 2. The highest BCUT2D eigenvalue weighted by Gasteiger charge is 2.54. The Labute approximate surface area is 131 Å². The van der Waals surface area contributed by atoms with Crippen molar-refractivity contribution in [1.82, 2.24) is 9.78 Å². The molecule has 1 aromatic carbocycles. The fraction of sp³-hybridized carbons (Fsp3) is 0.312. The maximum absolute atomic E-state index is 13.8. The third-order valence-electron chi connectivity index (χ3n) is 4.51. The SMILES string of the molecule is CC(C)n1ncc2c1NC(=O)C[C@@]21C(=O)Nc2ccc(F)cc21. The van der Waals surface area contributed by atoms with Crippen LogP contribution >= 0.6 is 0 Å². The maximum atomic E-state index is 13.8. The normalized spacial score (nSPS) is 22.1. The first-order chi connectivity index (χ1) is 10.9. The predicted octanol–water partition coefficient (Wildman–Crippen LogP) is 2.18. The fourth-order valence-electron chi connectivity index (χ4n) is 3.48. The monoisotopic (exact) mass is 314 g/mol. The van der Waals surface area contributed by atoms with Crippen LogP contribution in [0.1, 0.15) is 37.4 Å². The molecule has 3 heterocycles. The van der Waals surface area contributed by atoms with Crippen molar-refractivity contribution in [3.05, 3.63) is 41.3 Å². The van der Waals surface area contributed by atoms with Crippen molar-refractivity contribution in [1.29, 1.82) is 0 Å². The van der Waals surface area contributed by atoms with Crippen LogP contribution in [-0.2, 0) is 15.0 Å². The number of hydrogen-bond donors (Lipinski definition) is 2. The van der Waals surface area contributed by atoms with Crippen LogP contribution in [0.2, 0.25) is 0 Å². The summed E-state index contributed by atoms with van der Waals surface area (Å²) in [6.07, 6.45) is 1.53. The molecule has 7 heteroatoms. The van der Waals surface area contributed by atoms with Gasteiger partial charge in [0.1, 0.15) is 17.1 Å². The lowest BCUT2D eigenvalue weighted by Crippen LogP contribution is -2.43. The first-order valence-electron chi connectivity index (χ1n) is 7.43. The van der Waals surface area contributed by atoms with E-state index in [0.717, 1.165) is 0 Å². The van der Waals surface area contributed by atoms with Crippen LogP contribution in [0.25, 0.3) is 0 Å². The minimum absolute atomic E-state index is 0.0191. The summed E-state index contributed by atoms with van der Waals surface area (Å²) in [5.41, 5.74) is 0.409. The van der Waals surface area contributed by atoms with Crippen molar-refractivity contribution in [2.75, 3.05) is 10.6 Å². The Kier molecular flexibility index (Phi) is 2.67. The summed E-state index contributed by atoms with van der Waals surface area (Å²) in [4.78, 5) is 25.0. The van der Waals surface area contributed by atoms with Crippen LogP contribution in [0.5, 0.6) is 0 Å². The van der Waals surface area contributed by atoms with E-state index in [-0.39, 0.29) is 24.3 Å². The van der Waals surface area contributed by atoms with E-state index in [0.29, 0.717) is 22.6 Å². The Hall–Kier alpha value is -2.70. The molecule has 2 aromatic rings. The van der Waals surface area contributed by atoms with E-state index in [9.17, 15) is 14.0 Å². The van der Waals surface area contributed by atoms with Crippen LogP contribution < -0.4 is 10.6 Å². The molecule has 2 N–H and O–H groups in total. The minimum Gasteiger partial charge on any atom is -0.325 e. The Morgan fingerprint density at radius 1 is 1.26 bits per heavy atom. The molecule has 0 saturated heterocycles. The van der Waals surface area contributed by atoms with Crippen LogP contribution in [0.15, 0.2) is 24.4 Å². The number of carbonyl (C=O) groups is 2. The predicted molar refractivity (Wildman–Crippen MR) is 81.7 cm³/mol. The van der Waals surface area contributed by atoms with E-state index >= 15 is 0 Å². The molecule has 118 valence electrons. The summed E-state index contributed by atoms with van der Waals surface area (Å²) >= 11 is 0. The molecule has 2 aliphatic rings. The van der Waals surface area contributed by atoms with Crippen molar-refractivity contribution in [3.63, 3.8) is 0 Å². The third kappa shape index (κ3) is 1.70. The Morgan fingerprint density at radius 2 is 2.04 bits per heavy atom. The number of fused-ring (bicyclic) bond motifs is 4. The van der Waals surface area contributed by atoms with Gasteiger partial charge in [-0.15, -0.1) is 0 Å². The standard InChI is InChI=1S/C16H15FN4O2/c1-8(2)21-14-11(7-18-21)16(6-13(22)20-14)10-5-9(17)3-4-12(10)19-15(16)23/h3-5,7-8H,6H2,1-2H3,(H,19,23)(H,20,22)/t16-/m0/s1. The number of anilines is 2. The van der Waals surface area contributed by atoms with Gasteiger partial charge in [-0.25, -0.2) is 9.07 Å². The van der Waals surface area contributed by atoms with E-state index in [1.807, 2.05) is 13.8 Å². The van der Waals surface area contributed by atoms with E-state index in [2.05, 4.69) is 15.7 Å². The zero-order chi connectivity index (χ0) is 16.4. The highest BCUT2D eigenvalue weighted by Crippen LogP contribution is 2.50. The first-order valence-corrected chi connectivity index (χ1v) is 7.43. The number of rotatable bonds is 1. The summed E-state index contributed by atoms with van der Waals surface area (Å²) in [5, 5.41) is 9.87. The lowest BCUT2D eigenvalue weighted by atomic mass is 9.72. The Morgan fingerprint density at radius 3 is 2.78 bits per heavy atom. The summed E-state index contributed by atoms with van der Waals surface area (Å²) in [7, 11) is 0. The van der Waals surface area contributed by atoms with Gasteiger partial charge in [-0.1, -0.05) is 0 Å². The molecule has 4 rings (SSSR count). The fourth-order valence-corrected chi connectivity index (χ4v) is 3.48. The quantitative estimate of drug-likeness (QED) is 0.847. The van der Waals surface area contributed by atoms with Crippen molar-refractivity contribution >= 4 is 23.3 Å². The highest BCUT2D eigenvalue weighted by atomic mass is 19.1. The maximum Gasteiger partial charge on any atom is 0.240 e. The second-order valence-corrected chi connectivity index (χ2v) is 6.22. The molecule has 0 aliphatic carbocycles. The molecule has 0 unspecified atom stereocenters. The lowest BCUT2D eigenvalue weighted by molar-refractivity contribution is -0.125. The average Bonchev–Trinajstić information content (AvgIpc) is 3.01. The van der Waals surface area contributed by atoms with Gasteiger partial charge in [-0.3, -0.25) is 9.59 Å². The number of hydrogen-bond acceptors (Lipinski definition) is 3. The van der Waals surface area contributed by atoms with Crippen molar-refractivity contribution in [3.8, 4) is 0 Å². The molecular formula is C16H15FN4O2. The molecule has 6 nitrogen and oxygen atoms in total. The van der Waals surface area contributed by atoms with Gasteiger partial charge in [0.2, 0.25) is 11.8 Å². The number of halogens is 1. The molecule has 0 fully saturated rings. The summed E-state index contributed by atoms with van der Waals surface area (Å²) < 4.78 is 15.4. The molecule has 1 aromatic heterocycles. The average molecular weight is 314 g/mol. The van der Waals surface area contributed by atoms with Gasteiger partial charge < -0.3 is 10.6 Å². The lowest BCUT2D eigenvalue weighted by Gasteiger charge is -2.31. The van der Waals surface area contributed by atoms with Crippen molar-refractivity contribution in [2.45, 2.75) is 31.7 Å². The third-order valence-corrected chi connectivity index (χ3v) is 4.51. The molecule has 2 amide bonds. The van der Waals surface area contributed by atoms with Gasteiger partial charge in [0.05, 0.1) is 6.20 Å². The molecular weight excluding hydrogens is 299 g/mol. The smallest absolute Gasteiger partial charge is 0.240 e. The second kappa shape index (κ2) is 4.41. The van der Waals surface area contributed by atoms with E-state index in [1.165, 1.54) is 18.2 Å². The van der Waals surface area contributed by atoms with Gasteiger partial charge in [0.25, 0.3) is 0 Å². The number of benzene rings is 1. The molecule has 2 aliphatic heterocycles. The van der Waals surface area contributed by atoms with Gasteiger partial charge >= 0.3 is 0 Å². The zero-order valence-corrected chi connectivity index (χ0v) is 12.7. The number of aromatic nitrogens is 2. The minimum atomic E-state index is -1.22. The summed E-state index contributed by atoms with van der Waals surface area (Å²) in [6, 6.07) is 4.16. The van der Waals surface area contributed by atoms with Crippen molar-refractivity contribution < 1.29 is 14.0 Å². The molecule has 0 radical (unpaired) electrons. The molecule has 1 atom stereocenters. The van der Waals surface area contributed by atoms with Crippen molar-refractivity contribution in [2.24, 2.45) is 0 Å². The number of nitrogens with one attached hydrogen (secondary N) is 2. The van der Waals surface area contributed by atoms with Gasteiger partial charge in [0.15, 0.2) is 0 Å². The Bertz CT molecular complexity index is 858. The van der Waals surface area contributed by atoms with Crippen LogP contribution in [0.3, 0.4) is 0 Å². The number of nitrogens with zero attached hydrogens (tertiary/aromatic N) is 2. The van der Waals surface area contributed by atoms with E-state index in [4.69, 9.17) is 0 Å². The van der Waals surface area contributed by atoms with Crippen LogP contribution in [0.4, 0.5) is 15.9 Å². The van der Waals surface area contributed by atoms with Gasteiger partial charge in [-0.05, 0) is 37.6 Å². The molecule has 1 spiro atoms. The van der Waals surface area contributed by atoms with Gasteiger partial charge in [-0.2, -0.15) is 5.10 Å². The zero-order valence-electron chi connectivity index (χ0n) is 12.7. The van der Waals surface area contributed by atoms with Gasteiger partial charge in [0, 0.05) is 23.7 Å². The first kappa shape index (κ1) is 13.9. The van der Waals surface area contributed by atoms with Crippen LogP contribution in [0, 0.1) is 5.82 Å². The molecule has 0 bridgehead atoms. The molecule has 23 heavy (non-hydrogen) atoms. The molecule has 0 saturated carbocycles. The van der Waals surface area contributed by atoms with Crippen LogP contribution in [-0.4, -0.2) is 21.6 Å².